The molecule has 228 valence electrons. The van der Waals surface area contributed by atoms with Crippen molar-refractivity contribution in [1.29, 1.82) is 0 Å². The van der Waals surface area contributed by atoms with Gasteiger partial charge < -0.3 is 16.4 Å². The van der Waals surface area contributed by atoms with Crippen LogP contribution >= 0.6 is 24.0 Å². The molecule has 1 saturated carbocycles. The fourth-order valence-electron chi connectivity index (χ4n) is 4.87. The van der Waals surface area contributed by atoms with Crippen LogP contribution in [0.25, 0.3) is 10.9 Å². The first-order chi connectivity index (χ1) is 19.9. The third kappa shape index (κ3) is 6.96. The molecule has 1 aliphatic rings. The number of halogens is 5. The maximum atomic E-state index is 15.5. The Kier molecular flexibility index (Phi) is 9.70. The quantitative estimate of drug-likeness (QED) is 0.187. The van der Waals surface area contributed by atoms with Crippen molar-refractivity contribution in [3.8, 4) is 0 Å². The number of fused-ring (bicyclic) bond motifs is 1. The number of benzene rings is 3. The minimum Gasteiger partial charge on any atom is -0.367 e. The highest BCUT2D eigenvalue weighted by Crippen LogP contribution is 2.34. The Bertz CT molecular complexity index is 1800. The van der Waals surface area contributed by atoms with E-state index in [2.05, 4.69) is 20.6 Å². The number of nitrogens with two attached hydrogens (primary N) is 1. The van der Waals surface area contributed by atoms with E-state index in [1.165, 1.54) is 6.33 Å². The van der Waals surface area contributed by atoms with Gasteiger partial charge in [-0.05, 0) is 80.6 Å². The number of carbonyl (C=O) groups excluding carboxylic acids is 1. The number of anilines is 3. The number of hydrogen-bond acceptors (Lipinski definition) is 7. The Labute approximate surface area is 256 Å². The topological polar surface area (TPSA) is 139 Å². The van der Waals surface area contributed by atoms with Crippen LogP contribution < -0.4 is 21.1 Å². The van der Waals surface area contributed by atoms with Crippen LogP contribution in [0.5, 0.6) is 0 Å². The Balaban J connectivity index is 0.00000423. The van der Waals surface area contributed by atoms with Gasteiger partial charge in [-0.15, -0.1) is 12.4 Å². The minimum absolute atomic E-state index is 0. The molecule has 0 bridgehead atoms. The molecule has 3 aromatic carbocycles. The van der Waals surface area contributed by atoms with Gasteiger partial charge in [-0.3, -0.25) is 9.52 Å². The Hall–Kier alpha value is -3.65. The fraction of sp³-hybridized carbons (Fsp3) is 0.250. The van der Waals surface area contributed by atoms with Gasteiger partial charge in [0.15, 0.2) is 5.82 Å². The van der Waals surface area contributed by atoms with Gasteiger partial charge in [0.2, 0.25) is 0 Å². The summed E-state index contributed by atoms with van der Waals surface area (Å²) in [6.07, 6.45) is 4.82. The third-order valence-electron chi connectivity index (χ3n) is 7.00. The monoisotopic (exact) mass is 654 g/mol. The molecule has 1 heterocycles. The first-order valence-electron chi connectivity index (χ1n) is 13.0. The second kappa shape index (κ2) is 12.9. The average molecular weight is 656 g/mol. The van der Waals surface area contributed by atoms with E-state index in [1.54, 1.807) is 13.0 Å². The summed E-state index contributed by atoms with van der Waals surface area (Å²) in [4.78, 5) is 21.1. The predicted octanol–water partition coefficient (Wildman–Crippen LogP) is 6.17. The molecule has 5 rings (SSSR count). The van der Waals surface area contributed by atoms with Crippen LogP contribution in [0.1, 0.15) is 41.6 Å². The molecule has 15 heteroatoms. The molecule has 0 unspecified atom stereocenters. The van der Waals surface area contributed by atoms with Crippen molar-refractivity contribution in [2.24, 2.45) is 5.73 Å². The van der Waals surface area contributed by atoms with Crippen molar-refractivity contribution in [3.63, 3.8) is 0 Å². The average Bonchev–Trinajstić information content (AvgIpc) is 2.95. The van der Waals surface area contributed by atoms with Crippen LogP contribution in [0, 0.1) is 24.4 Å². The van der Waals surface area contributed by atoms with E-state index in [4.69, 9.17) is 17.3 Å². The van der Waals surface area contributed by atoms with Gasteiger partial charge in [-0.25, -0.2) is 31.6 Å². The number of nitrogens with one attached hydrogen (secondary N) is 3. The molecule has 1 fully saturated rings. The van der Waals surface area contributed by atoms with E-state index in [-0.39, 0.29) is 35.1 Å². The van der Waals surface area contributed by atoms with E-state index in [9.17, 15) is 22.0 Å². The second-order valence-corrected chi connectivity index (χ2v) is 12.2. The van der Waals surface area contributed by atoms with E-state index in [0.29, 0.717) is 34.4 Å². The molecule has 1 aliphatic carbocycles. The van der Waals surface area contributed by atoms with Crippen molar-refractivity contribution < 1.29 is 26.4 Å². The molecule has 1 amide bonds. The molecule has 43 heavy (non-hydrogen) atoms. The normalized spacial score (nSPS) is 16.8. The number of carbonyl (C=O) groups is 1. The van der Waals surface area contributed by atoms with Gasteiger partial charge >= 0.3 is 0 Å². The van der Waals surface area contributed by atoms with E-state index < -0.39 is 49.7 Å². The number of amides is 1. The molecule has 9 nitrogen and oxygen atoms in total. The van der Waals surface area contributed by atoms with Crippen LogP contribution in [-0.2, 0) is 10.0 Å². The number of hydrogen-bond donors (Lipinski definition) is 4. The van der Waals surface area contributed by atoms with E-state index in [0.717, 1.165) is 43.9 Å². The maximum absolute atomic E-state index is 15.5. The van der Waals surface area contributed by atoms with E-state index >= 15 is 4.39 Å². The number of aromatic nitrogens is 2. The van der Waals surface area contributed by atoms with Gasteiger partial charge in [0.1, 0.15) is 28.7 Å². The summed E-state index contributed by atoms with van der Waals surface area (Å²) in [7, 11) is -4.75. The number of sulfonamides is 1. The first kappa shape index (κ1) is 32.3. The molecule has 0 saturated heterocycles. The predicted molar refractivity (Wildman–Crippen MR) is 162 cm³/mol. The summed E-state index contributed by atoms with van der Waals surface area (Å²) in [5.41, 5.74) is 5.96. The van der Waals surface area contributed by atoms with Crippen LogP contribution in [-0.4, -0.2) is 36.4 Å². The smallest absolute Gasteiger partial charge is 0.265 e. The largest absolute Gasteiger partial charge is 0.367 e. The highest BCUT2D eigenvalue weighted by Gasteiger charge is 2.25. The van der Waals surface area contributed by atoms with Gasteiger partial charge in [-0.1, -0.05) is 11.6 Å². The molecule has 5 N–H and O–H groups in total. The van der Waals surface area contributed by atoms with Crippen LogP contribution in [0.3, 0.4) is 0 Å². The number of rotatable bonds is 7. The van der Waals surface area contributed by atoms with Crippen molar-refractivity contribution in [2.45, 2.75) is 49.6 Å². The summed E-state index contributed by atoms with van der Waals surface area (Å²) in [5, 5.41) is 6.17. The molecular formula is C28H27Cl2F3N6O3S. The summed E-state index contributed by atoms with van der Waals surface area (Å²) in [5.74, 6) is -3.70. The van der Waals surface area contributed by atoms with Gasteiger partial charge in [0.25, 0.3) is 15.9 Å². The molecule has 0 atom stereocenters. The lowest BCUT2D eigenvalue weighted by atomic mass is 9.92. The standard InChI is InChI=1S/C28H26ClF3N6O3S.ClH/c1-14-10-18-25(34-13-35-27(18)36-17-5-3-16(33)4-6-17)19(11-14)28(39)37-26-20(29)7-9-22(24(26)32)38-42(40,41)23-12-15(30)2-8-21(23)31;/h2,7-13,16-17,38H,3-6,33H2,1H3,(H,37,39)(H,34,35,36);1H. The third-order valence-corrected chi connectivity index (χ3v) is 8.69. The van der Waals surface area contributed by atoms with E-state index in [1.807, 2.05) is 10.8 Å². The highest BCUT2D eigenvalue weighted by atomic mass is 35.5. The highest BCUT2D eigenvalue weighted by molar-refractivity contribution is 7.92. The Morgan fingerprint density at radius 1 is 1.02 bits per heavy atom. The zero-order valence-electron chi connectivity index (χ0n) is 22.6. The number of nitrogens with zero attached hydrogens (tertiary/aromatic N) is 2. The summed E-state index contributed by atoms with van der Waals surface area (Å²) >= 11 is 6.17. The van der Waals surface area contributed by atoms with Gasteiger partial charge in [0.05, 0.1) is 27.5 Å². The minimum atomic E-state index is -4.75. The van der Waals surface area contributed by atoms with Gasteiger partial charge in [0, 0.05) is 17.5 Å². The van der Waals surface area contributed by atoms with Crippen molar-refractivity contribution in [2.75, 3.05) is 15.4 Å². The summed E-state index contributed by atoms with van der Waals surface area (Å²) in [6, 6.07) is 7.71. The maximum Gasteiger partial charge on any atom is 0.265 e. The molecule has 4 aromatic rings. The van der Waals surface area contributed by atoms with Crippen molar-refractivity contribution in [1.82, 2.24) is 9.97 Å². The molecular weight excluding hydrogens is 628 g/mol. The SMILES string of the molecule is Cc1cc(C(=O)Nc2c(Cl)ccc(NS(=O)(=O)c3cc(F)ccc3F)c2F)c2ncnc(NC3CCC(N)CC3)c2c1.Cl. The summed E-state index contributed by atoms with van der Waals surface area (Å²) < 4.78 is 70.6. The fourth-order valence-corrected chi connectivity index (χ4v) is 6.21. The molecule has 0 spiro atoms. The Morgan fingerprint density at radius 2 is 1.74 bits per heavy atom. The molecule has 1 aromatic heterocycles. The van der Waals surface area contributed by atoms with Crippen LogP contribution in [0.15, 0.2) is 53.7 Å². The lowest BCUT2D eigenvalue weighted by Gasteiger charge is -2.27. The zero-order valence-corrected chi connectivity index (χ0v) is 25.0. The lowest BCUT2D eigenvalue weighted by molar-refractivity contribution is 0.102. The number of aryl methyl sites for hydroxylation is 1. The van der Waals surface area contributed by atoms with Crippen LogP contribution in [0.4, 0.5) is 30.4 Å². The molecule has 0 radical (unpaired) electrons. The zero-order chi connectivity index (χ0) is 30.2. The first-order valence-corrected chi connectivity index (χ1v) is 14.8. The lowest BCUT2D eigenvalue weighted by Crippen LogP contribution is -2.33. The van der Waals surface area contributed by atoms with Gasteiger partial charge in [-0.2, -0.15) is 0 Å². The van der Waals surface area contributed by atoms with Crippen molar-refractivity contribution >= 4 is 68.0 Å². The summed E-state index contributed by atoms with van der Waals surface area (Å²) in [6.45, 7) is 1.78. The van der Waals surface area contributed by atoms with Crippen LogP contribution in [0.2, 0.25) is 5.02 Å². The Morgan fingerprint density at radius 3 is 2.47 bits per heavy atom. The molecule has 0 aliphatic heterocycles. The van der Waals surface area contributed by atoms with Crippen molar-refractivity contribution in [3.05, 3.63) is 82.4 Å². The second-order valence-electron chi connectivity index (χ2n) is 10.1.